The molecule has 0 unspecified atom stereocenters. The van der Waals surface area contributed by atoms with Gasteiger partial charge in [-0.15, -0.1) is 0 Å². The number of halogens is 1. The number of nitro groups is 1. The van der Waals surface area contributed by atoms with Crippen molar-refractivity contribution in [2.75, 3.05) is 6.54 Å². The van der Waals surface area contributed by atoms with Crippen LogP contribution in [0.25, 0.3) is 0 Å². The molecule has 0 saturated heterocycles. The van der Waals surface area contributed by atoms with Crippen molar-refractivity contribution in [1.82, 2.24) is 9.79 Å². The summed E-state index contributed by atoms with van der Waals surface area (Å²) in [6, 6.07) is 11.5. The number of non-ortho nitro benzene ring substituents is 1. The van der Waals surface area contributed by atoms with Crippen LogP contribution >= 0.6 is 15.9 Å². The predicted octanol–water partition coefficient (Wildman–Crippen LogP) is 2.44. The first-order valence-corrected chi connectivity index (χ1v) is 9.89. The second-order valence-electron chi connectivity index (χ2n) is 5.50. The zero-order valence-corrected chi connectivity index (χ0v) is 16.3. The SMILES string of the molecule is O=C(CCN(Cc1ccc([N+](=O)[O-])cc1)S(=O)(=O)c1ccc(Br)cc1)NO. The highest BCUT2D eigenvalue weighted by atomic mass is 79.9. The van der Waals surface area contributed by atoms with Crippen LogP contribution < -0.4 is 5.48 Å². The number of nitrogens with one attached hydrogen (secondary N) is 1. The number of nitro benzene ring substituents is 1. The largest absolute Gasteiger partial charge is 0.289 e. The molecule has 0 heterocycles. The Kier molecular flexibility index (Phi) is 7.02. The number of hydrogen-bond acceptors (Lipinski definition) is 6. The fourth-order valence-corrected chi connectivity index (χ4v) is 3.94. The number of hydrogen-bond donors (Lipinski definition) is 2. The van der Waals surface area contributed by atoms with E-state index in [4.69, 9.17) is 5.21 Å². The minimum atomic E-state index is -3.93. The number of carbonyl (C=O) groups excluding carboxylic acids is 1. The number of sulfonamides is 1. The van der Waals surface area contributed by atoms with Gasteiger partial charge in [-0.2, -0.15) is 4.31 Å². The molecule has 2 N–H and O–H groups in total. The molecule has 0 saturated carbocycles. The van der Waals surface area contributed by atoms with E-state index in [-0.39, 0.29) is 30.1 Å². The van der Waals surface area contributed by atoms with E-state index in [2.05, 4.69) is 15.9 Å². The van der Waals surface area contributed by atoms with Crippen molar-refractivity contribution in [2.24, 2.45) is 0 Å². The Morgan fingerprint density at radius 3 is 2.26 bits per heavy atom. The highest BCUT2D eigenvalue weighted by molar-refractivity contribution is 9.10. The van der Waals surface area contributed by atoms with Crippen molar-refractivity contribution in [3.8, 4) is 0 Å². The molecule has 0 radical (unpaired) electrons. The molecular weight excluding hydrogens is 442 g/mol. The van der Waals surface area contributed by atoms with Crippen molar-refractivity contribution in [2.45, 2.75) is 17.9 Å². The monoisotopic (exact) mass is 457 g/mol. The average Bonchev–Trinajstić information content (AvgIpc) is 2.65. The van der Waals surface area contributed by atoms with E-state index in [1.54, 1.807) is 12.1 Å². The summed E-state index contributed by atoms with van der Waals surface area (Å²) in [4.78, 5) is 21.6. The van der Waals surface area contributed by atoms with E-state index in [1.165, 1.54) is 41.9 Å². The molecule has 0 bridgehead atoms. The third-order valence-corrected chi connectivity index (χ3v) is 6.06. The maximum Gasteiger partial charge on any atom is 0.269 e. The summed E-state index contributed by atoms with van der Waals surface area (Å²) in [5, 5.41) is 19.4. The summed E-state index contributed by atoms with van der Waals surface area (Å²) >= 11 is 3.24. The molecule has 27 heavy (non-hydrogen) atoms. The van der Waals surface area contributed by atoms with Gasteiger partial charge in [0.25, 0.3) is 5.69 Å². The van der Waals surface area contributed by atoms with Crippen LogP contribution in [0.1, 0.15) is 12.0 Å². The molecule has 0 atom stereocenters. The number of carbonyl (C=O) groups is 1. The first-order chi connectivity index (χ1) is 12.7. The van der Waals surface area contributed by atoms with Crippen LogP contribution in [0.2, 0.25) is 0 Å². The lowest BCUT2D eigenvalue weighted by molar-refractivity contribution is -0.384. The van der Waals surface area contributed by atoms with E-state index in [0.29, 0.717) is 10.0 Å². The molecule has 0 aliphatic rings. The van der Waals surface area contributed by atoms with Crippen molar-refractivity contribution in [3.63, 3.8) is 0 Å². The predicted molar refractivity (Wildman–Crippen MR) is 99.4 cm³/mol. The van der Waals surface area contributed by atoms with Gasteiger partial charge in [-0.3, -0.25) is 20.1 Å². The highest BCUT2D eigenvalue weighted by Crippen LogP contribution is 2.22. The third-order valence-electron chi connectivity index (χ3n) is 3.67. The molecule has 0 aliphatic carbocycles. The summed E-state index contributed by atoms with van der Waals surface area (Å²) < 4.78 is 27.7. The summed E-state index contributed by atoms with van der Waals surface area (Å²) in [6.45, 7) is -0.267. The summed E-state index contributed by atoms with van der Waals surface area (Å²) in [7, 11) is -3.93. The van der Waals surface area contributed by atoms with Crippen molar-refractivity contribution in [3.05, 3.63) is 68.7 Å². The van der Waals surface area contributed by atoms with Crippen LogP contribution in [0.4, 0.5) is 5.69 Å². The Balaban J connectivity index is 2.30. The second-order valence-corrected chi connectivity index (χ2v) is 8.35. The topological polar surface area (TPSA) is 130 Å². The number of benzene rings is 2. The maximum atomic E-state index is 12.9. The van der Waals surface area contributed by atoms with Crippen LogP contribution in [0, 0.1) is 10.1 Å². The van der Waals surface area contributed by atoms with Gasteiger partial charge in [0.15, 0.2) is 0 Å². The normalized spacial score (nSPS) is 11.4. The molecular formula is C16H16BrN3O6S. The average molecular weight is 458 g/mol. The van der Waals surface area contributed by atoms with Gasteiger partial charge < -0.3 is 0 Å². The Hall–Kier alpha value is -2.34. The molecule has 2 rings (SSSR count). The maximum absolute atomic E-state index is 12.9. The van der Waals surface area contributed by atoms with Gasteiger partial charge in [0, 0.05) is 36.1 Å². The Morgan fingerprint density at radius 1 is 1.15 bits per heavy atom. The standard InChI is InChI=1S/C16H16BrN3O6S/c17-13-3-7-15(8-4-13)27(25,26)19(10-9-16(21)18-22)11-12-1-5-14(6-2-12)20(23)24/h1-8,22H,9-11H2,(H,18,21). The minimum Gasteiger partial charge on any atom is -0.289 e. The lowest BCUT2D eigenvalue weighted by Crippen LogP contribution is -2.34. The molecule has 0 aliphatic heterocycles. The second kappa shape index (κ2) is 9.04. The van der Waals surface area contributed by atoms with E-state index < -0.39 is 20.9 Å². The number of nitrogens with zero attached hydrogens (tertiary/aromatic N) is 2. The molecule has 1 amide bonds. The summed E-state index contributed by atoms with van der Waals surface area (Å²) in [6.07, 6.45) is -0.251. The summed E-state index contributed by atoms with van der Waals surface area (Å²) in [5.74, 6) is -0.727. The van der Waals surface area contributed by atoms with Crippen LogP contribution in [0.5, 0.6) is 0 Å². The van der Waals surface area contributed by atoms with Crippen LogP contribution in [0.3, 0.4) is 0 Å². The Morgan fingerprint density at radius 2 is 1.74 bits per heavy atom. The molecule has 2 aromatic carbocycles. The lowest BCUT2D eigenvalue weighted by Gasteiger charge is -2.22. The fourth-order valence-electron chi connectivity index (χ4n) is 2.25. The van der Waals surface area contributed by atoms with Crippen molar-refractivity contribution < 1.29 is 23.3 Å². The fraction of sp³-hybridized carbons (Fsp3) is 0.188. The van der Waals surface area contributed by atoms with E-state index in [1.807, 2.05) is 0 Å². The number of amides is 1. The molecule has 0 aromatic heterocycles. The summed E-state index contributed by atoms with van der Waals surface area (Å²) in [5.41, 5.74) is 1.87. The van der Waals surface area contributed by atoms with Crippen LogP contribution in [0.15, 0.2) is 57.9 Å². The third kappa shape index (κ3) is 5.57. The smallest absolute Gasteiger partial charge is 0.269 e. The van der Waals surface area contributed by atoms with E-state index >= 15 is 0 Å². The Labute approximate surface area is 163 Å². The Bertz CT molecular complexity index is 916. The van der Waals surface area contributed by atoms with Crippen LogP contribution in [-0.4, -0.2) is 35.3 Å². The lowest BCUT2D eigenvalue weighted by atomic mass is 10.2. The zero-order chi connectivity index (χ0) is 20.0. The number of hydroxylamine groups is 1. The molecule has 2 aromatic rings. The minimum absolute atomic E-state index is 0.0389. The van der Waals surface area contributed by atoms with Crippen molar-refractivity contribution >= 4 is 37.5 Å². The molecule has 9 nitrogen and oxygen atoms in total. The first-order valence-electron chi connectivity index (χ1n) is 7.66. The van der Waals surface area contributed by atoms with Gasteiger partial charge in [0.2, 0.25) is 15.9 Å². The van der Waals surface area contributed by atoms with Crippen LogP contribution in [-0.2, 0) is 21.4 Å². The van der Waals surface area contributed by atoms with E-state index in [9.17, 15) is 23.3 Å². The zero-order valence-electron chi connectivity index (χ0n) is 13.9. The van der Waals surface area contributed by atoms with Gasteiger partial charge in [-0.05, 0) is 29.8 Å². The molecule has 144 valence electrons. The van der Waals surface area contributed by atoms with Crippen molar-refractivity contribution in [1.29, 1.82) is 0 Å². The van der Waals surface area contributed by atoms with Gasteiger partial charge in [0.05, 0.1) is 9.82 Å². The van der Waals surface area contributed by atoms with E-state index in [0.717, 1.165) is 4.31 Å². The van der Waals surface area contributed by atoms with Gasteiger partial charge in [0.1, 0.15) is 0 Å². The number of rotatable bonds is 8. The molecule has 0 spiro atoms. The molecule has 11 heteroatoms. The highest BCUT2D eigenvalue weighted by Gasteiger charge is 2.25. The van der Waals surface area contributed by atoms with Gasteiger partial charge >= 0.3 is 0 Å². The first kappa shape index (κ1) is 21.0. The van der Waals surface area contributed by atoms with Gasteiger partial charge in [-0.25, -0.2) is 13.9 Å². The quantitative estimate of drug-likeness (QED) is 0.355. The molecule has 0 fully saturated rings. The van der Waals surface area contributed by atoms with Gasteiger partial charge in [-0.1, -0.05) is 28.1 Å².